The van der Waals surface area contributed by atoms with Gasteiger partial charge in [0, 0.05) is 6.54 Å². The van der Waals surface area contributed by atoms with Crippen molar-refractivity contribution in [2.75, 3.05) is 28.5 Å². The quantitative estimate of drug-likeness (QED) is 0.894. The molecule has 0 radical (unpaired) electrons. The highest BCUT2D eigenvalue weighted by Gasteiger charge is 2.37. The van der Waals surface area contributed by atoms with Gasteiger partial charge in [-0.05, 0) is 45.4 Å². The highest BCUT2D eigenvalue weighted by molar-refractivity contribution is 7.92. The highest BCUT2D eigenvalue weighted by atomic mass is 32.2. The maximum atomic E-state index is 12.8. The Morgan fingerprint density at radius 2 is 2.00 bits per heavy atom. The van der Waals surface area contributed by atoms with Crippen molar-refractivity contribution in [3.05, 3.63) is 18.2 Å². The summed E-state index contributed by atoms with van der Waals surface area (Å²) in [7, 11) is -3.37. The Bertz CT molecular complexity index is 698. The minimum absolute atomic E-state index is 0.00871. The van der Waals surface area contributed by atoms with E-state index in [1.54, 1.807) is 30.0 Å². The van der Waals surface area contributed by atoms with Crippen LogP contribution in [0.2, 0.25) is 0 Å². The van der Waals surface area contributed by atoms with Crippen LogP contribution in [-0.4, -0.2) is 33.2 Å². The summed E-state index contributed by atoms with van der Waals surface area (Å²) in [6, 6.07) is 5.02. The minimum Gasteiger partial charge on any atom is -0.490 e. The number of carbonyl (C=O) groups excluding carboxylic acids is 1. The van der Waals surface area contributed by atoms with Crippen LogP contribution in [0.3, 0.4) is 0 Å². The van der Waals surface area contributed by atoms with Gasteiger partial charge in [-0.2, -0.15) is 0 Å². The lowest BCUT2D eigenvalue weighted by Gasteiger charge is -2.27. The minimum atomic E-state index is -3.37. The lowest BCUT2D eigenvalue weighted by atomic mass is 9.93. The smallest absolute Gasteiger partial charge is 0.236 e. The molecule has 7 heteroatoms. The van der Waals surface area contributed by atoms with Crippen LogP contribution in [0.4, 0.5) is 11.4 Å². The van der Waals surface area contributed by atoms with Gasteiger partial charge in [0.2, 0.25) is 15.9 Å². The van der Waals surface area contributed by atoms with Crippen molar-refractivity contribution in [1.29, 1.82) is 0 Å². The zero-order valence-corrected chi connectivity index (χ0v) is 14.9. The summed E-state index contributed by atoms with van der Waals surface area (Å²) >= 11 is 0. The molecule has 1 aromatic carbocycles. The average Bonchev–Trinajstić information content (AvgIpc) is 2.58. The number of nitrogens with zero attached hydrogens (tertiary/aromatic N) is 1. The van der Waals surface area contributed by atoms with Crippen LogP contribution in [0, 0.1) is 5.41 Å². The number of hydrogen-bond donors (Lipinski definition) is 1. The third-order valence-corrected chi connectivity index (χ3v) is 5.07. The van der Waals surface area contributed by atoms with E-state index in [4.69, 9.17) is 4.74 Å². The van der Waals surface area contributed by atoms with E-state index < -0.39 is 15.4 Å². The summed E-state index contributed by atoms with van der Waals surface area (Å²) < 4.78 is 31.8. The summed E-state index contributed by atoms with van der Waals surface area (Å²) in [5.41, 5.74) is 0.415. The number of amides is 1. The number of fused-ring (bicyclic) bond motifs is 1. The van der Waals surface area contributed by atoms with Crippen LogP contribution in [0.25, 0.3) is 0 Å². The monoisotopic (exact) mass is 340 g/mol. The highest BCUT2D eigenvalue weighted by Crippen LogP contribution is 2.38. The molecule has 0 unspecified atom stereocenters. The van der Waals surface area contributed by atoms with Gasteiger partial charge >= 0.3 is 0 Å². The molecular weight excluding hydrogens is 316 g/mol. The maximum absolute atomic E-state index is 12.8. The predicted molar refractivity (Wildman–Crippen MR) is 91.4 cm³/mol. The fourth-order valence-corrected chi connectivity index (χ4v) is 3.04. The van der Waals surface area contributed by atoms with E-state index in [-0.39, 0.29) is 11.7 Å². The Morgan fingerprint density at radius 3 is 2.61 bits per heavy atom. The SMILES string of the molecule is CCCN1C(=O)C(C)(C)COc2ccc(NS(=O)(=O)CC)cc21. The number of ether oxygens (including phenoxy) is 1. The van der Waals surface area contributed by atoms with Gasteiger partial charge in [-0.1, -0.05) is 6.92 Å². The van der Waals surface area contributed by atoms with Gasteiger partial charge < -0.3 is 9.64 Å². The Kier molecular flexibility index (Phi) is 4.89. The molecule has 0 bridgehead atoms. The van der Waals surface area contributed by atoms with E-state index in [0.717, 1.165) is 6.42 Å². The average molecular weight is 340 g/mol. The van der Waals surface area contributed by atoms with Crippen molar-refractivity contribution in [3.63, 3.8) is 0 Å². The second kappa shape index (κ2) is 6.39. The number of benzene rings is 1. The van der Waals surface area contributed by atoms with Crippen LogP contribution in [0.5, 0.6) is 5.75 Å². The van der Waals surface area contributed by atoms with Crippen molar-refractivity contribution >= 4 is 27.3 Å². The first-order chi connectivity index (χ1) is 10.7. The molecule has 0 aliphatic carbocycles. The Balaban J connectivity index is 2.47. The van der Waals surface area contributed by atoms with Gasteiger partial charge in [0.15, 0.2) is 0 Å². The summed E-state index contributed by atoms with van der Waals surface area (Å²) in [6.07, 6.45) is 0.798. The zero-order chi connectivity index (χ0) is 17.3. The molecule has 2 rings (SSSR count). The van der Waals surface area contributed by atoms with Gasteiger partial charge in [0.25, 0.3) is 0 Å². The lowest BCUT2D eigenvalue weighted by molar-refractivity contribution is -0.127. The number of rotatable bonds is 5. The Morgan fingerprint density at radius 1 is 1.30 bits per heavy atom. The van der Waals surface area contributed by atoms with Gasteiger partial charge in [-0.3, -0.25) is 9.52 Å². The third kappa shape index (κ3) is 3.77. The van der Waals surface area contributed by atoms with E-state index in [2.05, 4.69) is 4.72 Å². The maximum Gasteiger partial charge on any atom is 0.236 e. The van der Waals surface area contributed by atoms with E-state index >= 15 is 0 Å². The first-order valence-electron chi connectivity index (χ1n) is 7.79. The largest absolute Gasteiger partial charge is 0.490 e. The summed E-state index contributed by atoms with van der Waals surface area (Å²) in [4.78, 5) is 14.5. The number of sulfonamides is 1. The normalized spacial score (nSPS) is 17.2. The molecule has 0 saturated heterocycles. The third-order valence-electron chi connectivity index (χ3n) is 3.76. The number of nitrogens with one attached hydrogen (secondary N) is 1. The van der Waals surface area contributed by atoms with Crippen molar-refractivity contribution in [2.24, 2.45) is 5.41 Å². The Hall–Kier alpha value is -1.76. The molecule has 0 saturated carbocycles. The van der Waals surface area contributed by atoms with Crippen LogP contribution < -0.4 is 14.4 Å². The lowest BCUT2D eigenvalue weighted by Crippen LogP contribution is -2.42. The van der Waals surface area contributed by atoms with Crippen molar-refractivity contribution < 1.29 is 17.9 Å². The molecule has 23 heavy (non-hydrogen) atoms. The second-order valence-electron chi connectivity index (χ2n) is 6.32. The zero-order valence-electron chi connectivity index (χ0n) is 14.0. The molecule has 6 nitrogen and oxygen atoms in total. The molecule has 0 spiro atoms. The van der Waals surface area contributed by atoms with Crippen LogP contribution in [-0.2, 0) is 14.8 Å². The van der Waals surface area contributed by atoms with Crippen LogP contribution in [0.15, 0.2) is 18.2 Å². The van der Waals surface area contributed by atoms with Crippen molar-refractivity contribution in [2.45, 2.75) is 34.1 Å². The number of carbonyl (C=O) groups is 1. The summed E-state index contributed by atoms with van der Waals surface area (Å²) in [5.74, 6) is 0.566. The number of anilines is 2. The molecule has 1 N–H and O–H groups in total. The van der Waals surface area contributed by atoms with Crippen LogP contribution in [0.1, 0.15) is 34.1 Å². The summed E-state index contributed by atoms with van der Waals surface area (Å²) in [6.45, 7) is 8.12. The standard InChI is InChI=1S/C16H24N2O4S/c1-5-9-18-13-10-12(17-23(20,21)6-2)7-8-14(13)22-11-16(3,4)15(18)19/h7-8,10,17H,5-6,9,11H2,1-4H3. The predicted octanol–water partition coefficient (Wildman–Crippen LogP) is 2.61. The topological polar surface area (TPSA) is 75.7 Å². The molecule has 0 fully saturated rings. The Labute approximate surface area is 137 Å². The van der Waals surface area contributed by atoms with Gasteiger partial charge in [-0.25, -0.2) is 8.42 Å². The van der Waals surface area contributed by atoms with E-state index in [0.29, 0.717) is 30.3 Å². The molecule has 1 amide bonds. The van der Waals surface area contributed by atoms with E-state index in [1.165, 1.54) is 0 Å². The van der Waals surface area contributed by atoms with Crippen molar-refractivity contribution in [1.82, 2.24) is 0 Å². The molecular formula is C16H24N2O4S. The number of hydrogen-bond acceptors (Lipinski definition) is 4. The molecule has 1 aromatic rings. The fraction of sp³-hybridized carbons (Fsp3) is 0.562. The summed E-state index contributed by atoms with van der Waals surface area (Å²) in [5, 5.41) is 0. The molecule has 128 valence electrons. The second-order valence-corrected chi connectivity index (χ2v) is 8.33. The molecule has 0 atom stereocenters. The first kappa shape index (κ1) is 17.6. The molecule has 1 aliphatic heterocycles. The van der Waals surface area contributed by atoms with Gasteiger partial charge in [0.1, 0.15) is 12.4 Å². The van der Waals surface area contributed by atoms with Crippen molar-refractivity contribution in [3.8, 4) is 5.75 Å². The molecule has 1 aliphatic rings. The first-order valence-corrected chi connectivity index (χ1v) is 9.44. The van der Waals surface area contributed by atoms with E-state index in [1.807, 2.05) is 20.8 Å². The fourth-order valence-electron chi connectivity index (χ4n) is 2.41. The van der Waals surface area contributed by atoms with Crippen LogP contribution >= 0.6 is 0 Å². The van der Waals surface area contributed by atoms with Gasteiger partial charge in [0.05, 0.1) is 22.5 Å². The molecule has 0 aromatic heterocycles. The van der Waals surface area contributed by atoms with E-state index in [9.17, 15) is 13.2 Å². The van der Waals surface area contributed by atoms with Gasteiger partial charge in [-0.15, -0.1) is 0 Å². The molecule has 1 heterocycles.